The van der Waals surface area contributed by atoms with Crippen molar-refractivity contribution in [2.75, 3.05) is 18.4 Å². The maximum Gasteiger partial charge on any atom is 0.320 e. The van der Waals surface area contributed by atoms with Crippen molar-refractivity contribution in [2.24, 2.45) is 11.7 Å². The molecule has 1 atom stereocenters. The molecule has 4 amide bonds. The van der Waals surface area contributed by atoms with Crippen LogP contribution in [0.3, 0.4) is 0 Å². The zero-order chi connectivity index (χ0) is 22.7. The Kier molecular flexibility index (Phi) is 6.12. The molecule has 2 aliphatic rings. The summed E-state index contributed by atoms with van der Waals surface area (Å²) in [6.45, 7) is 1.30. The third-order valence-electron chi connectivity index (χ3n) is 6.16. The lowest BCUT2D eigenvalue weighted by atomic mass is 9.91. The number of nitrogens with zero attached hydrogens (tertiary/aromatic N) is 1. The van der Waals surface area contributed by atoms with Crippen LogP contribution in [-0.2, 0) is 11.2 Å². The minimum atomic E-state index is -0.872. The summed E-state index contributed by atoms with van der Waals surface area (Å²) in [6, 6.07) is 12.3. The number of anilines is 1. The molecule has 1 saturated heterocycles. The van der Waals surface area contributed by atoms with Gasteiger partial charge in [0, 0.05) is 24.3 Å². The predicted octanol–water partition coefficient (Wildman–Crippen LogP) is 3.06. The van der Waals surface area contributed by atoms with Crippen LogP contribution < -0.4 is 16.4 Å². The van der Waals surface area contributed by atoms with Gasteiger partial charge < -0.3 is 21.3 Å². The summed E-state index contributed by atoms with van der Waals surface area (Å²) in [5.41, 5.74) is 6.19. The van der Waals surface area contributed by atoms with Crippen LogP contribution in [0, 0.1) is 11.7 Å². The zero-order valence-electron chi connectivity index (χ0n) is 17.8. The smallest absolute Gasteiger partial charge is 0.320 e. The highest BCUT2D eigenvalue weighted by molar-refractivity contribution is 5.99. The molecule has 7 nitrogen and oxygen atoms in total. The lowest BCUT2D eigenvalue weighted by molar-refractivity contribution is -0.136. The van der Waals surface area contributed by atoms with Gasteiger partial charge in [0.25, 0.3) is 0 Å². The number of hydrogen-bond acceptors (Lipinski definition) is 3. The second kappa shape index (κ2) is 8.98. The van der Waals surface area contributed by atoms with E-state index in [2.05, 4.69) is 10.6 Å². The monoisotopic (exact) mass is 438 g/mol. The normalized spacial score (nSPS) is 19.2. The van der Waals surface area contributed by atoms with Crippen LogP contribution in [-0.4, -0.2) is 41.4 Å². The van der Waals surface area contributed by atoms with E-state index in [0.717, 1.165) is 24.8 Å². The van der Waals surface area contributed by atoms with Gasteiger partial charge in [-0.3, -0.25) is 9.59 Å². The lowest BCUT2D eigenvalue weighted by Gasteiger charge is -2.35. The summed E-state index contributed by atoms with van der Waals surface area (Å²) < 4.78 is 13.2. The SMILES string of the molecule is NC(=O)c1cccc(NC(=O)NC2(C(=O)N3CCC[C@@H](Cc4ccc(F)cc4)C3)CC2)c1. The largest absolute Gasteiger partial charge is 0.366 e. The van der Waals surface area contributed by atoms with Crippen LogP contribution in [0.4, 0.5) is 14.9 Å². The molecule has 168 valence electrons. The minimum absolute atomic E-state index is 0.0534. The number of primary amides is 1. The van der Waals surface area contributed by atoms with Gasteiger partial charge in [-0.2, -0.15) is 0 Å². The van der Waals surface area contributed by atoms with E-state index in [9.17, 15) is 18.8 Å². The van der Waals surface area contributed by atoms with Crippen LogP contribution >= 0.6 is 0 Å². The number of benzene rings is 2. The Morgan fingerprint density at radius 3 is 2.56 bits per heavy atom. The van der Waals surface area contributed by atoms with Gasteiger partial charge in [-0.1, -0.05) is 18.2 Å². The first kappa shape index (κ1) is 21.8. The molecule has 1 heterocycles. The molecule has 2 fully saturated rings. The first-order chi connectivity index (χ1) is 15.3. The number of amides is 4. The average molecular weight is 439 g/mol. The fourth-order valence-electron chi connectivity index (χ4n) is 4.32. The summed E-state index contributed by atoms with van der Waals surface area (Å²) in [7, 11) is 0. The van der Waals surface area contributed by atoms with E-state index in [1.165, 1.54) is 18.2 Å². The van der Waals surface area contributed by atoms with E-state index < -0.39 is 17.5 Å². The van der Waals surface area contributed by atoms with Crippen molar-refractivity contribution >= 4 is 23.5 Å². The fourth-order valence-corrected chi connectivity index (χ4v) is 4.32. The molecule has 0 spiro atoms. The van der Waals surface area contributed by atoms with E-state index >= 15 is 0 Å². The second-order valence-corrected chi connectivity index (χ2v) is 8.70. The summed E-state index contributed by atoms with van der Waals surface area (Å²) in [5.74, 6) is -0.583. The molecule has 1 aliphatic carbocycles. The number of urea groups is 1. The highest BCUT2D eigenvalue weighted by atomic mass is 19.1. The Bertz CT molecular complexity index is 1020. The van der Waals surface area contributed by atoms with Crippen LogP contribution in [0.25, 0.3) is 0 Å². The average Bonchev–Trinajstić information content (AvgIpc) is 3.55. The predicted molar refractivity (Wildman–Crippen MR) is 118 cm³/mol. The van der Waals surface area contributed by atoms with Gasteiger partial charge in [0.05, 0.1) is 0 Å². The molecule has 0 aromatic heterocycles. The van der Waals surface area contributed by atoms with Crippen molar-refractivity contribution in [3.63, 3.8) is 0 Å². The molecule has 1 saturated carbocycles. The number of piperidine rings is 1. The molecule has 4 N–H and O–H groups in total. The maximum absolute atomic E-state index is 13.2. The Morgan fingerprint density at radius 2 is 1.88 bits per heavy atom. The molecule has 8 heteroatoms. The highest BCUT2D eigenvalue weighted by Gasteiger charge is 2.53. The lowest BCUT2D eigenvalue weighted by Crippen LogP contribution is -2.54. The molecule has 1 aliphatic heterocycles. The molecule has 0 bridgehead atoms. The third-order valence-corrected chi connectivity index (χ3v) is 6.16. The molecular weight excluding hydrogens is 411 g/mol. The Morgan fingerprint density at radius 1 is 1.12 bits per heavy atom. The second-order valence-electron chi connectivity index (χ2n) is 8.70. The van der Waals surface area contributed by atoms with Gasteiger partial charge in [-0.25, -0.2) is 9.18 Å². The first-order valence-electron chi connectivity index (χ1n) is 10.9. The van der Waals surface area contributed by atoms with E-state index in [1.807, 2.05) is 4.90 Å². The molecule has 2 aromatic carbocycles. The van der Waals surface area contributed by atoms with Crippen LogP contribution in [0.15, 0.2) is 48.5 Å². The van der Waals surface area contributed by atoms with Crippen LogP contribution in [0.5, 0.6) is 0 Å². The van der Waals surface area contributed by atoms with Gasteiger partial charge in [0.2, 0.25) is 11.8 Å². The summed E-state index contributed by atoms with van der Waals surface area (Å²) in [4.78, 5) is 38.9. The number of carbonyl (C=O) groups excluding carboxylic acids is 3. The standard InChI is InChI=1S/C24H27FN4O3/c25-19-8-6-16(7-9-19)13-17-3-2-12-29(15-17)22(31)24(10-11-24)28-23(32)27-20-5-1-4-18(14-20)21(26)30/h1,4-9,14,17H,2-3,10-13,15H2,(H2,26,30)(H2,27,28,32)/t17-/m0/s1. The quantitative estimate of drug-likeness (QED) is 0.646. The van der Waals surface area contributed by atoms with Gasteiger partial charge in [0.15, 0.2) is 0 Å². The fraction of sp³-hybridized carbons (Fsp3) is 0.375. The molecular formula is C24H27FN4O3. The molecule has 2 aromatic rings. The van der Waals surface area contributed by atoms with Crippen molar-refractivity contribution in [1.82, 2.24) is 10.2 Å². The minimum Gasteiger partial charge on any atom is -0.366 e. The highest BCUT2D eigenvalue weighted by Crippen LogP contribution is 2.38. The number of carbonyl (C=O) groups is 3. The number of likely N-dealkylation sites (tertiary alicyclic amines) is 1. The van der Waals surface area contributed by atoms with Gasteiger partial charge in [-0.15, -0.1) is 0 Å². The van der Waals surface area contributed by atoms with E-state index in [0.29, 0.717) is 43.1 Å². The third kappa shape index (κ3) is 5.07. The topological polar surface area (TPSA) is 105 Å². The Balaban J connectivity index is 1.34. The summed E-state index contributed by atoms with van der Waals surface area (Å²) >= 11 is 0. The molecule has 4 rings (SSSR count). The van der Waals surface area contributed by atoms with Gasteiger partial charge >= 0.3 is 6.03 Å². The number of nitrogens with two attached hydrogens (primary N) is 1. The molecule has 0 radical (unpaired) electrons. The van der Waals surface area contributed by atoms with Crippen molar-refractivity contribution < 1.29 is 18.8 Å². The Hall–Kier alpha value is -3.42. The van der Waals surface area contributed by atoms with Crippen molar-refractivity contribution in [1.29, 1.82) is 0 Å². The van der Waals surface area contributed by atoms with Crippen molar-refractivity contribution in [3.8, 4) is 0 Å². The van der Waals surface area contributed by atoms with Crippen LogP contribution in [0.2, 0.25) is 0 Å². The maximum atomic E-state index is 13.2. The van der Waals surface area contributed by atoms with Crippen LogP contribution in [0.1, 0.15) is 41.6 Å². The number of hydrogen-bond donors (Lipinski definition) is 3. The summed E-state index contributed by atoms with van der Waals surface area (Å²) in [6.07, 6.45) is 3.90. The zero-order valence-corrected chi connectivity index (χ0v) is 17.8. The van der Waals surface area contributed by atoms with Crippen molar-refractivity contribution in [2.45, 2.75) is 37.6 Å². The number of nitrogens with one attached hydrogen (secondary N) is 2. The molecule has 0 unspecified atom stereocenters. The number of rotatable bonds is 6. The first-order valence-corrected chi connectivity index (χ1v) is 10.9. The van der Waals surface area contributed by atoms with E-state index in [-0.39, 0.29) is 11.7 Å². The van der Waals surface area contributed by atoms with Gasteiger partial charge in [-0.05, 0) is 73.9 Å². The van der Waals surface area contributed by atoms with E-state index in [1.54, 1.807) is 30.3 Å². The number of halogens is 1. The van der Waals surface area contributed by atoms with E-state index in [4.69, 9.17) is 5.73 Å². The van der Waals surface area contributed by atoms with Gasteiger partial charge in [0.1, 0.15) is 11.4 Å². The molecule has 32 heavy (non-hydrogen) atoms. The summed E-state index contributed by atoms with van der Waals surface area (Å²) in [5, 5.41) is 5.51. The Labute approximate surface area is 186 Å². The van der Waals surface area contributed by atoms with Crippen molar-refractivity contribution in [3.05, 3.63) is 65.5 Å².